The van der Waals surface area contributed by atoms with Crippen LogP contribution in [0, 0.1) is 5.41 Å². The van der Waals surface area contributed by atoms with Crippen molar-refractivity contribution in [2.45, 2.75) is 39.8 Å². The number of benzene rings is 1. The molecule has 0 spiro atoms. The monoisotopic (exact) mass is 282 g/mol. The van der Waals surface area contributed by atoms with Crippen molar-refractivity contribution < 1.29 is 4.79 Å². The Labute approximate surface area is 120 Å². The normalized spacial score (nSPS) is 14.9. The lowest BCUT2D eigenvalue weighted by atomic mass is 9.86. The maximum Gasteiger partial charge on any atom is 0.240 e. The van der Waals surface area contributed by atoms with E-state index in [0.29, 0.717) is 5.02 Å². The third kappa shape index (κ3) is 3.95. The number of carbonyl (C=O) groups excluding carboxylic acids is 1. The van der Waals surface area contributed by atoms with Crippen molar-refractivity contribution in [1.29, 1.82) is 0 Å². The summed E-state index contributed by atoms with van der Waals surface area (Å²) in [5.74, 6) is -0.0556. The van der Waals surface area contributed by atoms with Gasteiger partial charge in [0.1, 0.15) is 0 Å². The molecule has 0 aliphatic heterocycles. The van der Waals surface area contributed by atoms with Crippen LogP contribution in [-0.4, -0.2) is 23.9 Å². The Kier molecular flexibility index (Phi) is 4.99. The van der Waals surface area contributed by atoms with Crippen molar-refractivity contribution in [3.05, 3.63) is 34.9 Å². The van der Waals surface area contributed by atoms with Gasteiger partial charge in [-0.15, -0.1) is 0 Å². The molecule has 1 aromatic rings. The molecule has 1 amide bonds. The summed E-state index contributed by atoms with van der Waals surface area (Å²) in [5.41, 5.74) is 6.78. The predicted molar refractivity (Wildman–Crippen MR) is 80.1 cm³/mol. The van der Waals surface area contributed by atoms with Gasteiger partial charge >= 0.3 is 0 Å². The molecule has 0 radical (unpaired) electrons. The molecular formula is C15H23ClN2O. The van der Waals surface area contributed by atoms with Gasteiger partial charge in [0.2, 0.25) is 5.91 Å². The van der Waals surface area contributed by atoms with Gasteiger partial charge in [-0.05, 0) is 30.0 Å². The van der Waals surface area contributed by atoms with Crippen molar-refractivity contribution in [3.63, 3.8) is 0 Å². The highest BCUT2D eigenvalue weighted by Crippen LogP contribution is 2.25. The Bertz CT molecular complexity index is 454. The van der Waals surface area contributed by atoms with E-state index in [1.54, 1.807) is 11.9 Å². The topological polar surface area (TPSA) is 46.3 Å². The minimum Gasteiger partial charge on any atom is -0.338 e. The molecular weight excluding hydrogens is 260 g/mol. The third-order valence-electron chi connectivity index (χ3n) is 3.46. The van der Waals surface area contributed by atoms with E-state index in [1.807, 2.05) is 52.0 Å². The standard InChI is InChI=1S/C15H23ClN2O/c1-10(11-7-6-8-12(16)9-11)18(5)14(19)13(17)15(2,3)4/h6-10,13H,17H2,1-5H3/t10?,13-/m0/s1. The predicted octanol–water partition coefficient (Wildman–Crippen LogP) is 3.23. The number of likely N-dealkylation sites (N-methyl/N-ethyl adjacent to an activating group) is 1. The van der Waals surface area contributed by atoms with Crippen LogP contribution in [0.25, 0.3) is 0 Å². The van der Waals surface area contributed by atoms with Gasteiger partial charge in [-0.25, -0.2) is 0 Å². The van der Waals surface area contributed by atoms with Crippen molar-refractivity contribution >= 4 is 17.5 Å². The molecule has 0 aliphatic rings. The molecule has 1 aromatic carbocycles. The van der Waals surface area contributed by atoms with E-state index in [4.69, 9.17) is 17.3 Å². The average molecular weight is 283 g/mol. The van der Waals surface area contributed by atoms with E-state index >= 15 is 0 Å². The first-order valence-corrected chi connectivity index (χ1v) is 6.80. The lowest BCUT2D eigenvalue weighted by Crippen LogP contribution is -2.49. The minimum absolute atomic E-state index is 0.0556. The zero-order valence-electron chi connectivity index (χ0n) is 12.3. The van der Waals surface area contributed by atoms with Crippen LogP contribution in [0.15, 0.2) is 24.3 Å². The fourth-order valence-corrected chi connectivity index (χ4v) is 1.97. The fraction of sp³-hybridized carbons (Fsp3) is 0.533. The van der Waals surface area contributed by atoms with Crippen molar-refractivity contribution in [2.24, 2.45) is 11.1 Å². The molecule has 0 bridgehead atoms. The van der Waals surface area contributed by atoms with Crippen LogP contribution in [0.1, 0.15) is 39.3 Å². The number of nitrogens with two attached hydrogens (primary N) is 1. The quantitative estimate of drug-likeness (QED) is 0.925. The molecule has 4 heteroatoms. The van der Waals surface area contributed by atoms with E-state index in [1.165, 1.54) is 0 Å². The molecule has 0 aromatic heterocycles. The maximum atomic E-state index is 12.4. The zero-order valence-corrected chi connectivity index (χ0v) is 13.0. The van der Waals surface area contributed by atoms with E-state index in [0.717, 1.165) is 5.56 Å². The molecule has 2 atom stereocenters. The Morgan fingerprint density at radius 3 is 2.42 bits per heavy atom. The van der Waals surface area contributed by atoms with Crippen molar-refractivity contribution in [3.8, 4) is 0 Å². The van der Waals surface area contributed by atoms with Crippen LogP contribution in [-0.2, 0) is 4.79 Å². The first-order chi connectivity index (χ1) is 8.64. The van der Waals surface area contributed by atoms with Gasteiger partial charge in [-0.3, -0.25) is 4.79 Å². The van der Waals surface area contributed by atoms with E-state index in [9.17, 15) is 4.79 Å². The number of rotatable bonds is 3. The van der Waals surface area contributed by atoms with Crippen LogP contribution < -0.4 is 5.73 Å². The second-order valence-electron chi connectivity index (χ2n) is 6.02. The molecule has 2 N–H and O–H groups in total. The van der Waals surface area contributed by atoms with Gasteiger partial charge in [0.25, 0.3) is 0 Å². The third-order valence-corrected chi connectivity index (χ3v) is 3.69. The lowest BCUT2D eigenvalue weighted by Gasteiger charge is -2.33. The summed E-state index contributed by atoms with van der Waals surface area (Å²) in [6.07, 6.45) is 0. The van der Waals surface area contributed by atoms with E-state index in [2.05, 4.69) is 0 Å². The number of halogens is 1. The summed E-state index contributed by atoms with van der Waals surface area (Å²) in [6, 6.07) is 6.97. The summed E-state index contributed by atoms with van der Waals surface area (Å²) in [6.45, 7) is 7.87. The summed E-state index contributed by atoms with van der Waals surface area (Å²) < 4.78 is 0. The van der Waals surface area contributed by atoms with E-state index in [-0.39, 0.29) is 17.4 Å². The van der Waals surface area contributed by atoms with E-state index < -0.39 is 6.04 Å². The molecule has 0 saturated carbocycles. The van der Waals surface area contributed by atoms with Crippen LogP contribution in [0.2, 0.25) is 5.02 Å². The highest BCUT2D eigenvalue weighted by Gasteiger charge is 2.31. The number of nitrogens with zero attached hydrogens (tertiary/aromatic N) is 1. The highest BCUT2D eigenvalue weighted by molar-refractivity contribution is 6.30. The minimum atomic E-state index is -0.515. The zero-order chi connectivity index (χ0) is 14.8. The van der Waals surface area contributed by atoms with Gasteiger partial charge in [0.05, 0.1) is 12.1 Å². The van der Waals surface area contributed by atoms with Crippen molar-refractivity contribution in [2.75, 3.05) is 7.05 Å². The molecule has 1 unspecified atom stereocenters. The first kappa shape index (κ1) is 16.0. The molecule has 106 valence electrons. The number of amides is 1. The number of carbonyl (C=O) groups is 1. The largest absolute Gasteiger partial charge is 0.338 e. The van der Waals surface area contributed by atoms with Crippen LogP contribution >= 0.6 is 11.6 Å². The van der Waals surface area contributed by atoms with Gasteiger partial charge in [-0.2, -0.15) is 0 Å². The molecule has 0 aliphatic carbocycles. The van der Waals surface area contributed by atoms with Crippen LogP contribution in [0.5, 0.6) is 0 Å². The highest BCUT2D eigenvalue weighted by atomic mass is 35.5. The smallest absolute Gasteiger partial charge is 0.240 e. The van der Waals surface area contributed by atoms with Gasteiger partial charge in [0, 0.05) is 12.1 Å². The SMILES string of the molecule is CC(c1cccc(Cl)c1)N(C)C(=O)[C@H](N)C(C)(C)C. The molecule has 3 nitrogen and oxygen atoms in total. The van der Waals surface area contributed by atoms with Gasteiger partial charge in [-0.1, -0.05) is 44.5 Å². The molecule has 1 rings (SSSR count). The van der Waals surface area contributed by atoms with Crippen molar-refractivity contribution in [1.82, 2.24) is 4.90 Å². The summed E-state index contributed by atoms with van der Waals surface area (Å²) >= 11 is 5.98. The second-order valence-corrected chi connectivity index (χ2v) is 6.46. The fourth-order valence-electron chi connectivity index (χ4n) is 1.77. The maximum absolute atomic E-state index is 12.4. The molecule has 0 heterocycles. The van der Waals surface area contributed by atoms with Gasteiger partial charge < -0.3 is 10.6 Å². The molecule has 0 fully saturated rings. The summed E-state index contributed by atoms with van der Waals surface area (Å²) in [5, 5.41) is 0.672. The lowest BCUT2D eigenvalue weighted by molar-refractivity contribution is -0.135. The Morgan fingerprint density at radius 1 is 1.37 bits per heavy atom. The van der Waals surface area contributed by atoms with Crippen LogP contribution in [0.3, 0.4) is 0 Å². The first-order valence-electron chi connectivity index (χ1n) is 6.42. The average Bonchev–Trinajstić information content (AvgIpc) is 2.34. The Hall–Kier alpha value is -1.06. The summed E-state index contributed by atoms with van der Waals surface area (Å²) in [4.78, 5) is 14.0. The van der Waals surface area contributed by atoms with Gasteiger partial charge in [0.15, 0.2) is 0 Å². The molecule has 19 heavy (non-hydrogen) atoms. The number of hydrogen-bond acceptors (Lipinski definition) is 2. The molecule has 0 saturated heterocycles. The number of hydrogen-bond donors (Lipinski definition) is 1. The Morgan fingerprint density at radius 2 is 1.95 bits per heavy atom. The second kappa shape index (κ2) is 5.93. The Balaban J connectivity index is 2.88. The summed E-state index contributed by atoms with van der Waals surface area (Å²) in [7, 11) is 1.78. The van der Waals surface area contributed by atoms with Crippen LogP contribution in [0.4, 0.5) is 0 Å².